The highest BCUT2D eigenvalue weighted by Crippen LogP contribution is 2.36. The predicted molar refractivity (Wildman–Crippen MR) is 89.7 cm³/mol. The van der Waals surface area contributed by atoms with E-state index in [4.69, 9.17) is 9.47 Å². The average molecular weight is 307 g/mol. The Bertz CT molecular complexity index is 823. The molecular formula is C19H17NO3. The number of aryl methyl sites for hydroxylation is 1. The summed E-state index contributed by atoms with van der Waals surface area (Å²) >= 11 is 0. The molecule has 4 heteroatoms. The van der Waals surface area contributed by atoms with Crippen molar-refractivity contribution in [3.63, 3.8) is 0 Å². The molecule has 0 aromatic heterocycles. The normalized spacial score (nSPS) is 17.6. The first kappa shape index (κ1) is 13.9. The van der Waals surface area contributed by atoms with E-state index >= 15 is 0 Å². The molecule has 0 saturated carbocycles. The summed E-state index contributed by atoms with van der Waals surface area (Å²) in [7, 11) is 0. The minimum absolute atomic E-state index is 0.0716. The van der Waals surface area contributed by atoms with E-state index in [2.05, 4.69) is 5.32 Å². The third-order valence-electron chi connectivity index (χ3n) is 4.04. The molecule has 1 amide bonds. The fourth-order valence-corrected chi connectivity index (χ4v) is 2.88. The van der Waals surface area contributed by atoms with Crippen LogP contribution < -0.4 is 14.8 Å². The van der Waals surface area contributed by atoms with E-state index in [0.29, 0.717) is 18.8 Å². The summed E-state index contributed by atoms with van der Waals surface area (Å²) < 4.78 is 11.4. The summed E-state index contributed by atoms with van der Waals surface area (Å²) in [5.74, 6) is 1.43. The Morgan fingerprint density at radius 3 is 2.74 bits per heavy atom. The first-order chi connectivity index (χ1) is 11.2. The molecular weight excluding hydrogens is 290 g/mol. The van der Waals surface area contributed by atoms with Crippen LogP contribution in [0.2, 0.25) is 0 Å². The third-order valence-corrected chi connectivity index (χ3v) is 4.04. The Labute approximate surface area is 134 Å². The topological polar surface area (TPSA) is 47.6 Å². The fourth-order valence-electron chi connectivity index (χ4n) is 2.88. The second kappa shape index (κ2) is 5.47. The Hall–Kier alpha value is -2.75. The molecule has 0 unspecified atom stereocenters. The SMILES string of the molecule is Cc1ccc2c(c1)/C(=C\c1ccc3c(c1)OCCCO3)C(=O)N2. The number of fused-ring (bicyclic) bond motifs is 2. The summed E-state index contributed by atoms with van der Waals surface area (Å²) in [5.41, 5.74) is 4.54. The van der Waals surface area contributed by atoms with Gasteiger partial charge in [-0.05, 0) is 42.8 Å². The maximum atomic E-state index is 12.3. The highest BCUT2D eigenvalue weighted by Gasteiger charge is 2.24. The Morgan fingerprint density at radius 1 is 1.04 bits per heavy atom. The van der Waals surface area contributed by atoms with Gasteiger partial charge in [-0.1, -0.05) is 17.7 Å². The van der Waals surface area contributed by atoms with E-state index in [1.807, 2.05) is 49.4 Å². The van der Waals surface area contributed by atoms with Crippen LogP contribution in [0.25, 0.3) is 11.6 Å². The van der Waals surface area contributed by atoms with Gasteiger partial charge in [-0.15, -0.1) is 0 Å². The van der Waals surface area contributed by atoms with Crippen molar-refractivity contribution in [1.82, 2.24) is 0 Å². The lowest BCUT2D eigenvalue weighted by atomic mass is 10.0. The molecule has 0 atom stereocenters. The third kappa shape index (κ3) is 2.57. The van der Waals surface area contributed by atoms with Crippen LogP contribution in [-0.2, 0) is 4.79 Å². The van der Waals surface area contributed by atoms with E-state index in [1.165, 1.54) is 0 Å². The summed E-state index contributed by atoms with van der Waals surface area (Å²) in [4.78, 5) is 12.3. The molecule has 0 aliphatic carbocycles. The molecule has 2 heterocycles. The molecule has 2 aromatic carbocycles. The summed E-state index contributed by atoms with van der Waals surface area (Å²) in [6.45, 7) is 3.34. The second-order valence-electron chi connectivity index (χ2n) is 5.82. The number of amides is 1. The number of rotatable bonds is 1. The summed E-state index contributed by atoms with van der Waals surface area (Å²) in [6.07, 6.45) is 2.77. The minimum atomic E-state index is -0.0716. The molecule has 4 nitrogen and oxygen atoms in total. The number of nitrogens with one attached hydrogen (secondary N) is 1. The summed E-state index contributed by atoms with van der Waals surface area (Å²) in [6, 6.07) is 11.7. The molecule has 0 spiro atoms. The number of benzene rings is 2. The molecule has 0 fully saturated rings. The van der Waals surface area contributed by atoms with Crippen LogP contribution in [0.15, 0.2) is 36.4 Å². The lowest BCUT2D eigenvalue weighted by Gasteiger charge is -2.08. The lowest BCUT2D eigenvalue weighted by molar-refractivity contribution is -0.110. The monoisotopic (exact) mass is 307 g/mol. The van der Waals surface area contributed by atoms with Crippen LogP contribution in [0, 0.1) is 6.92 Å². The van der Waals surface area contributed by atoms with Gasteiger partial charge in [-0.25, -0.2) is 0 Å². The van der Waals surface area contributed by atoms with Crippen molar-refractivity contribution in [2.75, 3.05) is 18.5 Å². The van der Waals surface area contributed by atoms with E-state index in [9.17, 15) is 4.79 Å². The highest BCUT2D eigenvalue weighted by atomic mass is 16.5. The van der Waals surface area contributed by atoms with Crippen LogP contribution in [0.4, 0.5) is 5.69 Å². The van der Waals surface area contributed by atoms with Crippen molar-refractivity contribution < 1.29 is 14.3 Å². The molecule has 23 heavy (non-hydrogen) atoms. The zero-order chi connectivity index (χ0) is 15.8. The van der Waals surface area contributed by atoms with Crippen molar-refractivity contribution >= 4 is 23.2 Å². The maximum absolute atomic E-state index is 12.3. The van der Waals surface area contributed by atoms with Gasteiger partial charge in [0.05, 0.1) is 13.2 Å². The van der Waals surface area contributed by atoms with Gasteiger partial charge in [0.2, 0.25) is 0 Å². The quantitative estimate of drug-likeness (QED) is 0.818. The largest absolute Gasteiger partial charge is 0.490 e. The number of carbonyl (C=O) groups excluding carboxylic acids is 1. The Morgan fingerprint density at radius 2 is 1.87 bits per heavy atom. The van der Waals surface area contributed by atoms with Crippen molar-refractivity contribution in [3.05, 3.63) is 53.1 Å². The standard InChI is InChI=1S/C19H17NO3/c1-12-3-5-16-14(9-12)15(19(21)20-16)10-13-4-6-17-18(11-13)23-8-2-7-22-17/h3-6,9-11H,2,7-8H2,1H3,(H,20,21)/b15-10+. The van der Waals surface area contributed by atoms with Crippen LogP contribution in [0.1, 0.15) is 23.1 Å². The molecule has 1 N–H and O–H groups in total. The first-order valence-electron chi connectivity index (χ1n) is 7.74. The molecule has 2 aliphatic heterocycles. The lowest BCUT2D eigenvalue weighted by Crippen LogP contribution is -2.03. The minimum Gasteiger partial charge on any atom is -0.490 e. The van der Waals surface area contributed by atoms with Crippen molar-refractivity contribution in [2.45, 2.75) is 13.3 Å². The van der Waals surface area contributed by atoms with Crippen LogP contribution >= 0.6 is 0 Å². The molecule has 2 aromatic rings. The van der Waals surface area contributed by atoms with Gasteiger partial charge >= 0.3 is 0 Å². The zero-order valence-corrected chi connectivity index (χ0v) is 12.9. The number of hydrogen-bond acceptors (Lipinski definition) is 3. The number of hydrogen-bond donors (Lipinski definition) is 1. The summed E-state index contributed by atoms with van der Waals surface area (Å²) in [5, 5.41) is 2.90. The molecule has 4 rings (SSSR count). The smallest absolute Gasteiger partial charge is 0.256 e. The van der Waals surface area contributed by atoms with Gasteiger partial charge in [0.15, 0.2) is 11.5 Å². The van der Waals surface area contributed by atoms with Gasteiger partial charge in [0.25, 0.3) is 5.91 Å². The molecule has 0 bridgehead atoms. The number of ether oxygens (including phenoxy) is 2. The van der Waals surface area contributed by atoms with Gasteiger partial charge in [0, 0.05) is 23.2 Å². The Balaban J connectivity index is 1.75. The van der Waals surface area contributed by atoms with E-state index < -0.39 is 0 Å². The molecule has 116 valence electrons. The van der Waals surface area contributed by atoms with Crippen LogP contribution in [0.5, 0.6) is 11.5 Å². The van der Waals surface area contributed by atoms with Crippen LogP contribution in [-0.4, -0.2) is 19.1 Å². The second-order valence-corrected chi connectivity index (χ2v) is 5.82. The molecule has 2 aliphatic rings. The van der Waals surface area contributed by atoms with Gasteiger partial charge in [-0.3, -0.25) is 4.79 Å². The van der Waals surface area contributed by atoms with E-state index in [-0.39, 0.29) is 5.91 Å². The zero-order valence-electron chi connectivity index (χ0n) is 12.9. The van der Waals surface area contributed by atoms with Crippen molar-refractivity contribution in [1.29, 1.82) is 0 Å². The number of carbonyl (C=O) groups is 1. The average Bonchev–Trinajstić information content (AvgIpc) is 2.73. The van der Waals surface area contributed by atoms with Crippen molar-refractivity contribution in [2.24, 2.45) is 0 Å². The van der Waals surface area contributed by atoms with Crippen molar-refractivity contribution in [3.8, 4) is 11.5 Å². The van der Waals surface area contributed by atoms with Crippen LogP contribution in [0.3, 0.4) is 0 Å². The van der Waals surface area contributed by atoms with Gasteiger partial charge in [0.1, 0.15) is 0 Å². The Kier molecular flexibility index (Phi) is 3.30. The van der Waals surface area contributed by atoms with E-state index in [0.717, 1.165) is 40.3 Å². The van der Waals surface area contributed by atoms with Gasteiger partial charge < -0.3 is 14.8 Å². The molecule has 0 saturated heterocycles. The van der Waals surface area contributed by atoms with Gasteiger partial charge in [-0.2, -0.15) is 0 Å². The van der Waals surface area contributed by atoms with E-state index in [1.54, 1.807) is 0 Å². The first-order valence-corrected chi connectivity index (χ1v) is 7.74. The number of anilines is 1. The highest BCUT2D eigenvalue weighted by molar-refractivity contribution is 6.34. The predicted octanol–water partition coefficient (Wildman–Crippen LogP) is 3.65. The molecule has 0 radical (unpaired) electrons. The maximum Gasteiger partial charge on any atom is 0.256 e. The fraction of sp³-hybridized carbons (Fsp3) is 0.211.